The average Bonchev–Trinajstić information content (AvgIpc) is 2.48. The van der Waals surface area contributed by atoms with Gasteiger partial charge in [0.15, 0.2) is 0 Å². The molecule has 1 heterocycles. The monoisotopic (exact) mass is 220 g/mol. The maximum Gasteiger partial charge on any atom is 0.420 e. The van der Waals surface area contributed by atoms with Crippen LogP contribution in [0.4, 0.5) is 17.6 Å². The molecule has 2 rings (SSSR count). The van der Waals surface area contributed by atoms with Crippen LogP contribution in [0, 0.1) is 5.82 Å². The lowest BCUT2D eigenvalue weighted by Gasteiger charge is -2.08. The molecule has 0 aliphatic rings. The van der Waals surface area contributed by atoms with E-state index in [0.29, 0.717) is 5.39 Å². The van der Waals surface area contributed by atoms with Crippen LogP contribution in [-0.4, -0.2) is 0 Å². The lowest BCUT2D eigenvalue weighted by Crippen LogP contribution is -2.07. The lowest BCUT2D eigenvalue weighted by molar-refractivity contribution is -0.138. The zero-order valence-corrected chi connectivity index (χ0v) is 7.55. The minimum Gasteiger partial charge on any atom is -0.206 e. The Kier molecular flexibility index (Phi) is 1.99. The van der Waals surface area contributed by atoms with Gasteiger partial charge in [-0.15, -0.1) is 11.3 Å². The Morgan fingerprint density at radius 2 is 1.79 bits per heavy atom. The van der Waals surface area contributed by atoms with Gasteiger partial charge in [-0.1, -0.05) is 6.07 Å². The molecule has 0 atom stereocenters. The smallest absolute Gasteiger partial charge is 0.206 e. The van der Waals surface area contributed by atoms with E-state index in [0.717, 1.165) is 17.4 Å². The molecule has 1 aromatic carbocycles. The topological polar surface area (TPSA) is 0 Å². The first-order valence-corrected chi connectivity index (χ1v) is 4.61. The second-order valence-electron chi connectivity index (χ2n) is 2.76. The molecule has 0 saturated carbocycles. The molecule has 0 N–H and O–H groups in total. The summed E-state index contributed by atoms with van der Waals surface area (Å²) in [4.78, 5) is 0. The number of halogens is 4. The maximum absolute atomic E-state index is 13.0. The minimum absolute atomic E-state index is 0.0440. The molecule has 5 heteroatoms. The van der Waals surface area contributed by atoms with Crippen molar-refractivity contribution >= 4 is 21.4 Å². The summed E-state index contributed by atoms with van der Waals surface area (Å²) < 4.78 is 50.2. The van der Waals surface area contributed by atoms with E-state index in [4.69, 9.17) is 0 Å². The zero-order chi connectivity index (χ0) is 10.3. The highest BCUT2D eigenvalue weighted by molar-refractivity contribution is 7.17. The van der Waals surface area contributed by atoms with Gasteiger partial charge in [-0.25, -0.2) is 4.39 Å². The van der Waals surface area contributed by atoms with E-state index in [9.17, 15) is 17.6 Å². The minimum atomic E-state index is -4.63. The van der Waals surface area contributed by atoms with Crippen molar-refractivity contribution in [1.82, 2.24) is 0 Å². The normalized spacial score (nSPS) is 12.3. The first-order chi connectivity index (χ1) is 6.50. The molecule has 0 nitrogen and oxygen atoms in total. The van der Waals surface area contributed by atoms with E-state index in [1.165, 1.54) is 17.5 Å². The standard InChI is InChI=1S/C9H4F4S/c10-6-2-1-5-3-4-14-8(5)7(6)9(11,12)13/h1-4H. The van der Waals surface area contributed by atoms with Crippen molar-refractivity contribution < 1.29 is 17.6 Å². The number of alkyl halides is 3. The fourth-order valence-electron chi connectivity index (χ4n) is 1.27. The third-order valence-corrected chi connectivity index (χ3v) is 2.80. The fraction of sp³-hybridized carbons (Fsp3) is 0.111. The predicted octanol–water partition coefficient (Wildman–Crippen LogP) is 4.06. The summed E-state index contributed by atoms with van der Waals surface area (Å²) in [5.74, 6) is -1.22. The van der Waals surface area contributed by atoms with Gasteiger partial charge in [0, 0.05) is 4.70 Å². The highest BCUT2D eigenvalue weighted by Crippen LogP contribution is 2.38. The summed E-state index contributed by atoms with van der Waals surface area (Å²) in [5.41, 5.74) is -1.16. The quantitative estimate of drug-likeness (QED) is 0.587. The van der Waals surface area contributed by atoms with Crippen LogP contribution in [0.15, 0.2) is 23.6 Å². The molecular formula is C9H4F4S. The number of hydrogen-bond donors (Lipinski definition) is 0. The summed E-state index contributed by atoms with van der Waals surface area (Å²) in [7, 11) is 0. The number of thiophene rings is 1. The highest BCUT2D eigenvalue weighted by Gasteiger charge is 2.36. The van der Waals surface area contributed by atoms with E-state index >= 15 is 0 Å². The Hall–Kier alpha value is -1.10. The Balaban J connectivity index is 2.83. The van der Waals surface area contributed by atoms with Crippen LogP contribution in [0.5, 0.6) is 0 Å². The Morgan fingerprint density at radius 1 is 1.07 bits per heavy atom. The number of rotatable bonds is 0. The summed E-state index contributed by atoms with van der Waals surface area (Å²) in [6, 6.07) is 3.73. The van der Waals surface area contributed by atoms with E-state index in [1.807, 2.05) is 0 Å². The molecule has 0 radical (unpaired) electrons. The van der Waals surface area contributed by atoms with Gasteiger partial charge in [0.25, 0.3) is 0 Å². The van der Waals surface area contributed by atoms with Crippen molar-refractivity contribution in [2.45, 2.75) is 6.18 Å². The molecular weight excluding hydrogens is 216 g/mol. The van der Waals surface area contributed by atoms with Crippen molar-refractivity contribution in [1.29, 1.82) is 0 Å². The molecule has 0 fully saturated rings. The molecule has 0 unspecified atom stereocenters. The van der Waals surface area contributed by atoms with Gasteiger partial charge in [0.05, 0.1) is 0 Å². The van der Waals surface area contributed by atoms with Gasteiger partial charge in [-0.05, 0) is 22.9 Å². The fourth-order valence-corrected chi connectivity index (χ4v) is 2.23. The van der Waals surface area contributed by atoms with Gasteiger partial charge in [0.1, 0.15) is 11.4 Å². The molecule has 0 saturated heterocycles. The maximum atomic E-state index is 13.0. The number of fused-ring (bicyclic) bond motifs is 1. The van der Waals surface area contributed by atoms with Crippen LogP contribution in [0.25, 0.3) is 10.1 Å². The SMILES string of the molecule is Fc1ccc2ccsc2c1C(F)(F)F. The molecule has 0 aliphatic carbocycles. The lowest BCUT2D eigenvalue weighted by atomic mass is 10.1. The molecule has 14 heavy (non-hydrogen) atoms. The van der Waals surface area contributed by atoms with Gasteiger partial charge in [-0.3, -0.25) is 0 Å². The van der Waals surface area contributed by atoms with Crippen LogP contribution < -0.4 is 0 Å². The van der Waals surface area contributed by atoms with Crippen LogP contribution in [0.3, 0.4) is 0 Å². The number of benzene rings is 1. The van der Waals surface area contributed by atoms with E-state index in [-0.39, 0.29) is 4.70 Å². The second kappa shape index (κ2) is 2.95. The Morgan fingerprint density at radius 3 is 2.43 bits per heavy atom. The molecule has 1 aromatic heterocycles. The van der Waals surface area contributed by atoms with Crippen LogP contribution in [0.2, 0.25) is 0 Å². The molecule has 2 aromatic rings. The van der Waals surface area contributed by atoms with Gasteiger partial charge < -0.3 is 0 Å². The summed E-state index contributed by atoms with van der Waals surface area (Å²) >= 11 is 0.895. The molecule has 0 aliphatic heterocycles. The second-order valence-corrected chi connectivity index (χ2v) is 3.68. The first-order valence-electron chi connectivity index (χ1n) is 3.73. The third-order valence-electron chi connectivity index (χ3n) is 1.85. The largest absolute Gasteiger partial charge is 0.420 e. The van der Waals surface area contributed by atoms with Crippen molar-refractivity contribution in [2.75, 3.05) is 0 Å². The Labute approximate surface area is 80.8 Å². The average molecular weight is 220 g/mol. The van der Waals surface area contributed by atoms with Crippen molar-refractivity contribution in [3.8, 4) is 0 Å². The van der Waals surface area contributed by atoms with E-state index < -0.39 is 17.6 Å². The van der Waals surface area contributed by atoms with Gasteiger partial charge in [-0.2, -0.15) is 13.2 Å². The third kappa shape index (κ3) is 1.37. The van der Waals surface area contributed by atoms with Crippen molar-refractivity contribution in [2.24, 2.45) is 0 Å². The van der Waals surface area contributed by atoms with Gasteiger partial charge >= 0.3 is 6.18 Å². The summed E-state index contributed by atoms with van der Waals surface area (Å²) in [6.45, 7) is 0. The first kappa shape index (κ1) is 9.45. The Bertz CT molecular complexity index is 469. The van der Waals surface area contributed by atoms with E-state index in [2.05, 4.69) is 0 Å². The molecule has 74 valence electrons. The summed E-state index contributed by atoms with van der Waals surface area (Å²) in [5, 5.41) is 1.93. The van der Waals surface area contributed by atoms with Crippen LogP contribution >= 0.6 is 11.3 Å². The van der Waals surface area contributed by atoms with Crippen LogP contribution in [-0.2, 0) is 6.18 Å². The van der Waals surface area contributed by atoms with Crippen LogP contribution in [0.1, 0.15) is 5.56 Å². The molecule has 0 spiro atoms. The van der Waals surface area contributed by atoms with E-state index in [1.54, 1.807) is 0 Å². The number of hydrogen-bond acceptors (Lipinski definition) is 1. The highest BCUT2D eigenvalue weighted by atomic mass is 32.1. The predicted molar refractivity (Wildman–Crippen MR) is 46.8 cm³/mol. The molecule has 0 bridgehead atoms. The summed E-state index contributed by atoms with van der Waals surface area (Å²) in [6.07, 6.45) is -4.63. The zero-order valence-electron chi connectivity index (χ0n) is 6.73. The van der Waals surface area contributed by atoms with Gasteiger partial charge in [0.2, 0.25) is 0 Å². The van der Waals surface area contributed by atoms with Crippen molar-refractivity contribution in [3.63, 3.8) is 0 Å². The van der Waals surface area contributed by atoms with Crippen molar-refractivity contribution in [3.05, 3.63) is 35.0 Å². The molecule has 0 amide bonds.